The van der Waals surface area contributed by atoms with Crippen LogP contribution in [0.5, 0.6) is 11.5 Å². The Labute approximate surface area is 127 Å². The lowest BCUT2D eigenvalue weighted by atomic mass is 10.1. The summed E-state index contributed by atoms with van der Waals surface area (Å²) < 4.78 is 10.3. The van der Waals surface area contributed by atoms with Gasteiger partial charge in [0.1, 0.15) is 0 Å². The monoisotopic (exact) mass is 306 g/mol. The van der Waals surface area contributed by atoms with E-state index in [4.69, 9.17) is 26.8 Å². The van der Waals surface area contributed by atoms with E-state index >= 15 is 0 Å². The number of benzene rings is 2. The topological polar surface area (TPSA) is 73.6 Å². The van der Waals surface area contributed by atoms with Crippen LogP contribution in [0.3, 0.4) is 0 Å². The lowest BCUT2D eigenvalue weighted by Crippen LogP contribution is -2.13. The molecule has 21 heavy (non-hydrogen) atoms. The van der Waals surface area contributed by atoms with Crippen molar-refractivity contribution in [2.45, 2.75) is 0 Å². The Morgan fingerprint density at radius 2 is 1.81 bits per heavy atom. The van der Waals surface area contributed by atoms with Gasteiger partial charge in [0.25, 0.3) is 5.91 Å². The smallest absolute Gasteiger partial charge is 0.255 e. The molecule has 0 saturated carbocycles. The molecule has 1 amide bonds. The maximum Gasteiger partial charge on any atom is 0.255 e. The van der Waals surface area contributed by atoms with Crippen LogP contribution in [0, 0.1) is 0 Å². The molecule has 2 aromatic carbocycles. The number of nitrogens with two attached hydrogens (primary N) is 1. The number of nitrogens with one attached hydrogen (secondary N) is 1. The van der Waals surface area contributed by atoms with Crippen LogP contribution in [-0.4, -0.2) is 20.1 Å². The fourth-order valence-electron chi connectivity index (χ4n) is 1.82. The highest BCUT2D eigenvalue weighted by Crippen LogP contribution is 2.28. The zero-order chi connectivity index (χ0) is 15.4. The summed E-state index contributed by atoms with van der Waals surface area (Å²) in [7, 11) is 3.04. The summed E-state index contributed by atoms with van der Waals surface area (Å²) in [5.74, 6) is 0.735. The zero-order valence-corrected chi connectivity index (χ0v) is 12.4. The van der Waals surface area contributed by atoms with Crippen molar-refractivity contribution in [3.8, 4) is 11.5 Å². The lowest BCUT2D eigenvalue weighted by molar-refractivity contribution is 0.102. The summed E-state index contributed by atoms with van der Waals surface area (Å²) in [5, 5.41) is 3.23. The van der Waals surface area contributed by atoms with Gasteiger partial charge in [0.15, 0.2) is 11.5 Å². The minimum Gasteiger partial charge on any atom is -0.493 e. The second kappa shape index (κ2) is 6.37. The van der Waals surface area contributed by atoms with Crippen LogP contribution in [0.25, 0.3) is 0 Å². The van der Waals surface area contributed by atoms with Crippen molar-refractivity contribution in [1.82, 2.24) is 0 Å². The Morgan fingerprint density at radius 1 is 1.10 bits per heavy atom. The Morgan fingerprint density at radius 3 is 2.43 bits per heavy atom. The molecule has 0 radical (unpaired) electrons. The maximum absolute atomic E-state index is 12.2. The van der Waals surface area contributed by atoms with Gasteiger partial charge in [-0.25, -0.2) is 0 Å². The van der Waals surface area contributed by atoms with Gasteiger partial charge in [-0.1, -0.05) is 11.6 Å². The number of hydrogen-bond donors (Lipinski definition) is 2. The number of rotatable bonds is 4. The number of ether oxygens (including phenoxy) is 2. The van der Waals surface area contributed by atoms with E-state index in [1.807, 2.05) is 0 Å². The molecule has 0 fully saturated rings. The van der Waals surface area contributed by atoms with Gasteiger partial charge in [-0.15, -0.1) is 0 Å². The molecule has 0 aromatic heterocycles. The van der Waals surface area contributed by atoms with Crippen LogP contribution >= 0.6 is 11.6 Å². The molecule has 0 bridgehead atoms. The van der Waals surface area contributed by atoms with Gasteiger partial charge < -0.3 is 20.5 Å². The Hall–Kier alpha value is -2.40. The highest BCUT2D eigenvalue weighted by Gasteiger charge is 2.12. The summed E-state index contributed by atoms with van der Waals surface area (Å²) in [6.07, 6.45) is 0. The highest BCUT2D eigenvalue weighted by atomic mass is 35.5. The van der Waals surface area contributed by atoms with Gasteiger partial charge in [-0.3, -0.25) is 4.79 Å². The molecule has 2 rings (SSSR count). The minimum atomic E-state index is -0.301. The lowest BCUT2D eigenvalue weighted by Gasteiger charge is -2.11. The predicted molar refractivity (Wildman–Crippen MR) is 83.4 cm³/mol. The van der Waals surface area contributed by atoms with E-state index < -0.39 is 0 Å². The molecule has 0 atom stereocenters. The van der Waals surface area contributed by atoms with E-state index in [9.17, 15) is 4.79 Å². The molecule has 0 aliphatic rings. The average molecular weight is 307 g/mol. The first kappa shape index (κ1) is 15.0. The predicted octanol–water partition coefficient (Wildman–Crippen LogP) is 3.19. The molecular weight excluding hydrogens is 292 g/mol. The fraction of sp³-hybridized carbons (Fsp3) is 0.133. The number of carbonyl (C=O) groups is 1. The second-order valence-electron chi connectivity index (χ2n) is 4.26. The molecule has 3 N–H and O–H groups in total. The Kier molecular flexibility index (Phi) is 4.55. The third kappa shape index (κ3) is 3.38. The van der Waals surface area contributed by atoms with E-state index in [0.29, 0.717) is 33.5 Å². The van der Waals surface area contributed by atoms with Crippen molar-refractivity contribution in [2.24, 2.45) is 0 Å². The van der Waals surface area contributed by atoms with E-state index in [1.165, 1.54) is 14.2 Å². The number of anilines is 2. The van der Waals surface area contributed by atoms with E-state index in [0.717, 1.165) is 0 Å². The number of methoxy groups -OCH3 is 2. The standard InChI is InChI=1S/C15H15ClN2O3/c1-20-13-6-3-9(7-14(13)21-2)15(19)18-12-5-4-10(16)8-11(12)17/h3-8H,17H2,1-2H3,(H,18,19). The van der Waals surface area contributed by atoms with Crippen molar-refractivity contribution in [3.63, 3.8) is 0 Å². The third-order valence-electron chi connectivity index (χ3n) is 2.91. The van der Waals surface area contributed by atoms with Gasteiger partial charge in [0, 0.05) is 10.6 Å². The van der Waals surface area contributed by atoms with Gasteiger partial charge >= 0.3 is 0 Å². The van der Waals surface area contributed by atoms with E-state index in [1.54, 1.807) is 36.4 Å². The summed E-state index contributed by atoms with van der Waals surface area (Å²) >= 11 is 5.82. The minimum absolute atomic E-state index is 0.301. The van der Waals surface area contributed by atoms with Crippen LogP contribution in [-0.2, 0) is 0 Å². The molecule has 0 heterocycles. The first-order chi connectivity index (χ1) is 10.0. The third-order valence-corrected chi connectivity index (χ3v) is 3.14. The van der Waals surface area contributed by atoms with Gasteiger partial charge in [-0.2, -0.15) is 0 Å². The molecule has 5 nitrogen and oxygen atoms in total. The molecule has 0 saturated heterocycles. The number of carbonyl (C=O) groups excluding carboxylic acids is 1. The normalized spacial score (nSPS) is 10.0. The first-order valence-electron chi connectivity index (χ1n) is 6.13. The van der Waals surface area contributed by atoms with Gasteiger partial charge in [0.2, 0.25) is 0 Å². The molecule has 110 valence electrons. The Balaban J connectivity index is 2.24. The van der Waals surface area contributed by atoms with Crippen LogP contribution in [0.2, 0.25) is 5.02 Å². The van der Waals surface area contributed by atoms with Crippen LogP contribution in [0.4, 0.5) is 11.4 Å². The number of hydrogen-bond acceptors (Lipinski definition) is 4. The van der Waals surface area contributed by atoms with Gasteiger partial charge in [0.05, 0.1) is 25.6 Å². The quantitative estimate of drug-likeness (QED) is 0.851. The second-order valence-corrected chi connectivity index (χ2v) is 4.69. The zero-order valence-electron chi connectivity index (χ0n) is 11.6. The van der Waals surface area contributed by atoms with Crippen LogP contribution in [0.15, 0.2) is 36.4 Å². The molecular formula is C15H15ClN2O3. The van der Waals surface area contributed by atoms with E-state index in [2.05, 4.69) is 5.32 Å². The van der Waals surface area contributed by atoms with E-state index in [-0.39, 0.29) is 5.91 Å². The largest absolute Gasteiger partial charge is 0.493 e. The molecule has 6 heteroatoms. The number of nitrogen functional groups attached to an aromatic ring is 1. The van der Waals surface area contributed by atoms with Crippen molar-refractivity contribution in [3.05, 3.63) is 47.0 Å². The molecule has 0 aliphatic carbocycles. The van der Waals surface area contributed by atoms with Crippen LogP contribution < -0.4 is 20.5 Å². The average Bonchev–Trinajstić information content (AvgIpc) is 2.49. The Bertz CT molecular complexity index is 674. The maximum atomic E-state index is 12.2. The summed E-state index contributed by atoms with van der Waals surface area (Å²) in [4.78, 5) is 12.2. The summed E-state index contributed by atoms with van der Waals surface area (Å²) in [5.41, 5.74) is 7.14. The molecule has 0 spiro atoms. The molecule has 0 unspecified atom stereocenters. The summed E-state index contributed by atoms with van der Waals surface area (Å²) in [6.45, 7) is 0. The molecule has 2 aromatic rings. The van der Waals surface area contributed by atoms with Crippen molar-refractivity contribution in [2.75, 3.05) is 25.3 Å². The molecule has 0 aliphatic heterocycles. The number of halogens is 1. The number of amides is 1. The van der Waals surface area contributed by atoms with Crippen molar-refractivity contribution >= 4 is 28.9 Å². The first-order valence-corrected chi connectivity index (χ1v) is 6.51. The summed E-state index contributed by atoms with van der Waals surface area (Å²) in [6, 6.07) is 9.78. The highest BCUT2D eigenvalue weighted by molar-refractivity contribution is 6.31. The van der Waals surface area contributed by atoms with Crippen molar-refractivity contribution in [1.29, 1.82) is 0 Å². The SMILES string of the molecule is COc1ccc(C(=O)Nc2ccc(Cl)cc2N)cc1OC. The van der Waals surface area contributed by atoms with Crippen LogP contribution in [0.1, 0.15) is 10.4 Å². The van der Waals surface area contributed by atoms with Gasteiger partial charge in [-0.05, 0) is 36.4 Å². The van der Waals surface area contributed by atoms with Crippen molar-refractivity contribution < 1.29 is 14.3 Å². The fourth-order valence-corrected chi connectivity index (χ4v) is 2.00.